The summed E-state index contributed by atoms with van der Waals surface area (Å²) in [6, 6.07) is 4.89. The fourth-order valence-electron chi connectivity index (χ4n) is 2.94. The molecular weight excluding hydrogens is 426 g/mol. The Morgan fingerprint density at radius 3 is 2.58 bits per heavy atom. The molecule has 1 aromatic carbocycles. The van der Waals surface area contributed by atoms with E-state index in [1.807, 2.05) is 11.4 Å². The Balaban J connectivity index is 1.51. The highest BCUT2D eigenvalue weighted by Gasteiger charge is 2.28. The van der Waals surface area contributed by atoms with Crippen molar-refractivity contribution in [2.24, 2.45) is 5.92 Å². The minimum atomic E-state index is -0.864. The van der Waals surface area contributed by atoms with Crippen molar-refractivity contribution in [2.75, 3.05) is 13.1 Å². The molecule has 0 spiro atoms. The van der Waals surface area contributed by atoms with Gasteiger partial charge in [0.2, 0.25) is 5.91 Å². The van der Waals surface area contributed by atoms with Gasteiger partial charge in [0.25, 0.3) is 5.91 Å². The Hall–Kier alpha value is -1.80. The van der Waals surface area contributed by atoms with E-state index < -0.39 is 17.5 Å². The number of hydrogen-bond donors (Lipinski definition) is 1. The van der Waals surface area contributed by atoms with E-state index in [0.29, 0.717) is 38.5 Å². The first-order chi connectivity index (χ1) is 12.4. The van der Waals surface area contributed by atoms with Gasteiger partial charge in [-0.15, -0.1) is 11.3 Å². The van der Waals surface area contributed by atoms with Crippen LogP contribution in [-0.4, -0.2) is 29.8 Å². The molecule has 1 N–H and O–H groups in total. The van der Waals surface area contributed by atoms with Crippen molar-refractivity contribution in [1.82, 2.24) is 10.2 Å². The number of carbonyl (C=O) groups excluding carboxylic acids is 2. The van der Waals surface area contributed by atoms with Crippen molar-refractivity contribution in [2.45, 2.75) is 19.4 Å². The molecule has 2 aromatic rings. The van der Waals surface area contributed by atoms with E-state index in [-0.39, 0.29) is 17.4 Å². The van der Waals surface area contributed by atoms with E-state index in [1.165, 1.54) is 4.90 Å². The molecule has 3 rings (SSSR count). The van der Waals surface area contributed by atoms with Crippen molar-refractivity contribution in [3.63, 3.8) is 0 Å². The van der Waals surface area contributed by atoms with Gasteiger partial charge in [0.05, 0.1) is 12.1 Å². The van der Waals surface area contributed by atoms with E-state index in [2.05, 4.69) is 21.2 Å². The Labute approximate surface area is 162 Å². The maximum absolute atomic E-state index is 13.8. The quantitative estimate of drug-likeness (QED) is 0.778. The molecule has 1 saturated heterocycles. The first kappa shape index (κ1) is 19.0. The normalized spacial score (nSPS) is 15.1. The van der Waals surface area contributed by atoms with Crippen LogP contribution >= 0.6 is 27.3 Å². The summed E-state index contributed by atoms with van der Waals surface area (Å²) in [5.41, 5.74) is -0.141. The molecule has 1 fully saturated rings. The summed E-state index contributed by atoms with van der Waals surface area (Å²) in [4.78, 5) is 27.2. The number of piperidine rings is 1. The average Bonchev–Trinajstić information content (AvgIpc) is 3.04. The number of thiophene rings is 1. The summed E-state index contributed by atoms with van der Waals surface area (Å²) in [6.45, 7) is 1.23. The second-order valence-electron chi connectivity index (χ2n) is 6.14. The van der Waals surface area contributed by atoms with Gasteiger partial charge < -0.3 is 10.2 Å². The molecule has 0 aliphatic carbocycles. The molecule has 2 heterocycles. The summed E-state index contributed by atoms with van der Waals surface area (Å²) < 4.78 is 27.7. The highest BCUT2D eigenvalue weighted by Crippen LogP contribution is 2.22. The molecule has 0 atom stereocenters. The van der Waals surface area contributed by atoms with Gasteiger partial charge in [0.1, 0.15) is 11.6 Å². The highest BCUT2D eigenvalue weighted by atomic mass is 79.9. The highest BCUT2D eigenvalue weighted by molar-refractivity contribution is 9.10. The fourth-order valence-corrected chi connectivity index (χ4v) is 4.33. The third-order valence-corrected chi connectivity index (χ3v) is 6.07. The van der Waals surface area contributed by atoms with Crippen LogP contribution in [0.1, 0.15) is 28.1 Å². The molecule has 26 heavy (non-hydrogen) atoms. The third-order valence-electron chi connectivity index (χ3n) is 4.37. The summed E-state index contributed by atoms with van der Waals surface area (Å²) in [5.74, 6) is -2.25. The van der Waals surface area contributed by atoms with Crippen molar-refractivity contribution in [3.8, 4) is 0 Å². The molecule has 1 aliphatic heterocycles. The number of rotatable bonds is 4. The minimum absolute atomic E-state index is 0.0328. The van der Waals surface area contributed by atoms with Crippen molar-refractivity contribution >= 4 is 39.1 Å². The zero-order valence-electron chi connectivity index (χ0n) is 13.8. The van der Waals surface area contributed by atoms with Gasteiger partial charge >= 0.3 is 0 Å². The van der Waals surface area contributed by atoms with Crippen LogP contribution in [0.3, 0.4) is 0 Å². The molecule has 8 heteroatoms. The van der Waals surface area contributed by atoms with Gasteiger partial charge in [-0.3, -0.25) is 9.59 Å². The fraction of sp³-hybridized carbons (Fsp3) is 0.333. The molecule has 1 aliphatic rings. The molecule has 2 amide bonds. The lowest BCUT2D eigenvalue weighted by molar-refractivity contribution is -0.126. The van der Waals surface area contributed by atoms with E-state index in [4.69, 9.17) is 0 Å². The second kappa shape index (κ2) is 8.26. The summed E-state index contributed by atoms with van der Waals surface area (Å²) in [6.07, 6.45) is 1.04. The lowest BCUT2D eigenvalue weighted by Gasteiger charge is -2.31. The van der Waals surface area contributed by atoms with Gasteiger partial charge in [-0.05, 0) is 47.0 Å². The predicted octanol–water partition coefficient (Wildman–Crippen LogP) is 3.96. The Morgan fingerprint density at radius 1 is 1.23 bits per heavy atom. The van der Waals surface area contributed by atoms with Gasteiger partial charge in [-0.1, -0.05) is 0 Å². The maximum Gasteiger partial charge on any atom is 0.256 e. The Morgan fingerprint density at radius 2 is 1.96 bits per heavy atom. The van der Waals surface area contributed by atoms with Crippen molar-refractivity contribution in [3.05, 3.63) is 56.2 Å². The SMILES string of the molecule is O=C(NCc1cc(Br)cs1)C1CCN(C(=O)c2ccc(F)cc2F)CC1. The molecule has 1 aromatic heterocycles. The lowest BCUT2D eigenvalue weighted by Crippen LogP contribution is -2.43. The molecule has 138 valence electrons. The molecular formula is C18H17BrF2N2O2S. The van der Waals surface area contributed by atoms with Crippen molar-refractivity contribution in [1.29, 1.82) is 0 Å². The van der Waals surface area contributed by atoms with Gasteiger partial charge in [-0.2, -0.15) is 0 Å². The van der Waals surface area contributed by atoms with Crippen LogP contribution in [-0.2, 0) is 11.3 Å². The number of carbonyl (C=O) groups is 2. The van der Waals surface area contributed by atoms with Crippen LogP contribution in [0, 0.1) is 17.6 Å². The van der Waals surface area contributed by atoms with Gasteiger partial charge in [0, 0.05) is 39.8 Å². The third kappa shape index (κ3) is 4.48. The van der Waals surface area contributed by atoms with Crippen LogP contribution in [0.5, 0.6) is 0 Å². The van der Waals surface area contributed by atoms with Crippen LogP contribution in [0.2, 0.25) is 0 Å². The molecule has 0 unspecified atom stereocenters. The summed E-state index contributed by atoms with van der Waals surface area (Å²) in [7, 11) is 0. The van der Waals surface area contributed by atoms with Crippen LogP contribution in [0.25, 0.3) is 0 Å². The lowest BCUT2D eigenvalue weighted by atomic mass is 9.95. The number of benzene rings is 1. The molecule has 0 bridgehead atoms. The number of hydrogen-bond acceptors (Lipinski definition) is 3. The Bertz CT molecular complexity index is 819. The van der Waals surface area contributed by atoms with E-state index >= 15 is 0 Å². The van der Waals surface area contributed by atoms with Crippen LogP contribution in [0.4, 0.5) is 8.78 Å². The predicted molar refractivity (Wildman–Crippen MR) is 98.9 cm³/mol. The molecule has 4 nitrogen and oxygen atoms in total. The zero-order chi connectivity index (χ0) is 18.7. The molecule has 0 saturated carbocycles. The smallest absolute Gasteiger partial charge is 0.256 e. The standard InChI is InChI=1S/C18H17BrF2N2O2S/c19-12-7-14(26-10-12)9-22-17(24)11-3-5-23(6-4-11)18(25)15-2-1-13(20)8-16(15)21/h1-2,7-8,10-11H,3-6,9H2,(H,22,24). The van der Waals surface area contributed by atoms with E-state index in [9.17, 15) is 18.4 Å². The van der Waals surface area contributed by atoms with E-state index in [0.717, 1.165) is 21.5 Å². The second-order valence-corrected chi connectivity index (χ2v) is 8.05. The number of nitrogens with one attached hydrogen (secondary N) is 1. The van der Waals surface area contributed by atoms with Gasteiger partial charge in [-0.25, -0.2) is 8.78 Å². The summed E-state index contributed by atoms with van der Waals surface area (Å²) >= 11 is 4.94. The first-order valence-electron chi connectivity index (χ1n) is 8.19. The minimum Gasteiger partial charge on any atom is -0.351 e. The Kier molecular flexibility index (Phi) is 6.03. The number of nitrogens with zero attached hydrogens (tertiary/aromatic N) is 1. The summed E-state index contributed by atoms with van der Waals surface area (Å²) in [5, 5.41) is 4.88. The average molecular weight is 443 g/mol. The largest absolute Gasteiger partial charge is 0.351 e. The first-order valence-corrected chi connectivity index (χ1v) is 9.86. The number of halogens is 3. The molecule has 0 radical (unpaired) electrons. The van der Waals surface area contributed by atoms with Crippen LogP contribution in [0.15, 0.2) is 34.1 Å². The monoisotopic (exact) mass is 442 g/mol. The number of amides is 2. The number of likely N-dealkylation sites (tertiary alicyclic amines) is 1. The van der Waals surface area contributed by atoms with Crippen molar-refractivity contribution < 1.29 is 18.4 Å². The van der Waals surface area contributed by atoms with Gasteiger partial charge in [0.15, 0.2) is 0 Å². The van der Waals surface area contributed by atoms with E-state index in [1.54, 1.807) is 11.3 Å². The zero-order valence-corrected chi connectivity index (χ0v) is 16.2. The topological polar surface area (TPSA) is 49.4 Å². The van der Waals surface area contributed by atoms with Crippen LogP contribution < -0.4 is 5.32 Å². The maximum atomic E-state index is 13.8.